The Kier molecular flexibility index (Phi) is 7.04. The van der Waals surface area contributed by atoms with Crippen LogP contribution in [-0.4, -0.2) is 66.4 Å². The molecule has 2 aromatic heterocycles. The average Bonchev–Trinajstić information content (AvgIpc) is 3.30. The number of hydrogen-bond donors (Lipinski definition) is 0. The first-order valence-electron chi connectivity index (χ1n) is 12.5. The lowest BCUT2D eigenvalue weighted by Crippen LogP contribution is -2.60. The smallest absolute Gasteiger partial charge is 0.283 e. The second-order valence-corrected chi connectivity index (χ2v) is 15.1. The van der Waals surface area contributed by atoms with Crippen molar-refractivity contribution in [2.24, 2.45) is 0 Å². The van der Waals surface area contributed by atoms with Crippen LogP contribution < -0.4 is 9.80 Å². The van der Waals surface area contributed by atoms with Crippen LogP contribution in [0.5, 0.6) is 0 Å². The van der Waals surface area contributed by atoms with E-state index in [1.807, 2.05) is 23.6 Å². The lowest BCUT2D eigenvalue weighted by molar-refractivity contribution is 0.408. The van der Waals surface area contributed by atoms with Crippen molar-refractivity contribution in [1.82, 2.24) is 19.2 Å². The molecule has 0 N–H and O–H groups in total. The zero-order valence-corrected chi connectivity index (χ0v) is 24.7. The van der Waals surface area contributed by atoms with Gasteiger partial charge in [-0.15, -0.1) is 5.10 Å². The minimum absolute atomic E-state index is 0.0419. The van der Waals surface area contributed by atoms with E-state index in [0.717, 1.165) is 16.5 Å². The molecule has 10 nitrogen and oxygen atoms in total. The summed E-state index contributed by atoms with van der Waals surface area (Å²) >= 11 is 6.62. The number of nitrogens with zero attached hydrogens (tertiary/aromatic N) is 6. The third kappa shape index (κ3) is 4.79. The Labute approximate surface area is 237 Å². The van der Waals surface area contributed by atoms with Gasteiger partial charge >= 0.3 is 0 Å². The van der Waals surface area contributed by atoms with Crippen molar-refractivity contribution in [2.75, 3.05) is 29.4 Å². The summed E-state index contributed by atoms with van der Waals surface area (Å²) in [5.74, 6) is 0.270. The van der Waals surface area contributed by atoms with E-state index in [0.29, 0.717) is 47.3 Å². The van der Waals surface area contributed by atoms with E-state index < -0.39 is 36.5 Å². The molecule has 1 fully saturated rings. The monoisotopic (exact) mass is 606 g/mol. The van der Waals surface area contributed by atoms with E-state index >= 15 is 0 Å². The Hall–Kier alpha value is -3.29. The van der Waals surface area contributed by atoms with Gasteiger partial charge < -0.3 is 9.80 Å². The minimum Gasteiger partial charge on any atom is -0.346 e. The van der Waals surface area contributed by atoms with E-state index in [9.17, 15) is 21.2 Å². The van der Waals surface area contributed by atoms with E-state index in [-0.39, 0.29) is 9.79 Å². The highest BCUT2D eigenvalue weighted by Gasteiger charge is 2.38. The molecule has 2 aromatic carbocycles. The molecule has 0 radical (unpaired) electrons. The molecular weight excluding hydrogens is 579 g/mol. The van der Waals surface area contributed by atoms with Crippen LogP contribution in [0.15, 0.2) is 64.6 Å². The molecule has 0 saturated carbocycles. The summed E-state index contributed by atoms with van der Waals surface area (Å²) in [4.78, 5) is 12.0. The molecular formula is C26H28ClFN6O4S2. The van der Waals surface area contributed by atoms with Crippen LogP contribution in [0.2, 0.25) is 5.02 Å². The molecule has 1 aliphatic heterocycles. The molecule has 0 unspecified atom stereocenters. The fourth-order valence-corrected chi connectivity index (χ4v) is 7.41. The molecule has 0 bridgehead atoms. The SMILES string of the molecule is CC(C)S(=O)(=O)c1ccc(S(=O)(=O)n2nc(N3CCN(c4ncc(F)cn4)CC3(C)C)c3c(Cl)cccc32)cc1. The van der Waals surface area contributed by atoms with Gasteiger partial charge in [0.1, 0.15) is 0 Å². The number of fused-ring (bicyclic) bond motifs is 1. The molecule has 0 atom stereocenters. The summed E-state index contributed by atoms with van der Waals surface area (Å²) in [5.41, 5.74) is -0.278. The van der Waals surface area contributed by atoms with Gasteiger partial charge in [-0.05, 0) is 64.1 Å². The van der Waals surface area contributed by atoms with Gasteiger partial charge in [0.05, 0.1) is 48.9 Å². The standard InChI is InChI=1S/C26H28ClFN6O4S2/c1-17(2)39(35,36)19-8-10-20(11-9-19)40(37,38)34-22-7-5-6-21(27)23(22)24(31-34)33-13-12-32(16-26(33,3)4)25-29-14-18(28)15-30-25/h5-11,14-15,17H,12-13,16H2,1-4H3. The van der Waals surface area contributed by atoms with Gasteiger partial charge in [-0.25, -0.2) is 22.8 Å². The molecule has 0 aliphatic carbocycles. The largest absolute Gasteiger partial charge is 0.346 e. The third-order valence-corrected chi connectivity index (χ3v) is 11.0. The molecule has 40 heavy (non-hydrogen) atoms. The number of piperazine rings is 1. The van der Waals surface area contributed by atoms with Gasteiger partial charge in [-0.2, -0.15) is 12.5 Å². The van der Waals surface area contributed by atoms with Crippen LogP contribution in [0.25, 0.3) is 10.9 Å². The van der Waals surface area contributed by atoms with E-state index in [2.05, 4.69) is 15.1 Å². The molecule has 0 amide bonds. The second kappa shape index (κ2) is 9.96. The van der Waals surface area contributed by atoms with Crippen molar-refractivity contribution >= 4 is 54.1 Å². The van der Waals surface area contributed by atoms with Crippen molar-refractivity contribution in [1.29, 1.82) is 0 Å². The highest BCUT2D eigenvalue weighted by atomic mass is 35.5. The van der Waals surface area contributed by atoms with Gasteiger partial charge in [0.15, 0.2) is 21.5 Å². The van der Waals surface area contributed by atoms with Crippen LogP contribution in [0, 0.1) is 5.82 Å². The van der Waals surface area contributed by atoms with Crippen molar-refractivity contribution in [3.05, 3.63) is 65.7 Å². The Balaban J connectivity index is 1.56. The van der Waals surface area contributed by atoms with Gasteiger partial charge in [0.25, 0.3) is 10.0 Å². The summed E-state index contributed by atoms with van der Waals surface area (Å²) < 4.78 is 67.0. The van der Waals surface area contributed by atoms with Crippen LogP contribution >= 0.6 is 11.6 Å². The minimum atomic E-state index is -4.22. The zero-order chi connectivity index (χ0) is 29.0. The number of halogens is 2. The number of sulfone groups is 1. The van der Waals surface area contributed by atoms with Crippen LogP contribution in [-0.2, 0) is 19.9 Å². The van der Waals surface area contributed by atoms with Gasteiger partial charge in [-0.1, -0.05) is 17.7 Å². The highest BCUT2D eigenvalue weighted by molar-refractivity contribution is 7.92. The van der Waals surface area contributed by atoms with Crippen molar-refractivity contribution in [2.45, 2.75) is 48.3 Å². The Morgan fingerprint density at radius 3 is 2.17 bits per heavy atom. The zero-order valence-electron chi connectivity index (χ0n) is 22.3. The normalized spacial score (nSPS) is 16.2. The summed E-state index contributed by atoms with van der Waals surface area (Å²) in [5, 5.41) is 4.75. The van der Waals surface area contributed by atoms with Crippen molar-refractivity contribution in [3.63, 3.8) is 0 Å². The quantitative estimate of drug-likeness (QED) is 0.319. The lowest BCUT2D eigenvalue weighted by Gasteiger charge is -2.47. The number of anilines is 2. The molecule has 5 rings (SSSR count). The molecule has 1 saturated heterocycles. The summed E-state index contributed by atoms with van der Waals surface area (Å²) in [6.07, 6.45) is 2.23. The number of hydrogen-bond acceptors (Lipinski definition) is 9. The fraction of sp³-hybridized carbons (Fsp3) is 0.346. The molecule has 0 spiro atoms. The average molecular weight is 607 g/mol. The van der Waals surface area contributed by atoms with Crippen LogP contribution in [0.4, 0.5) is 16.2 Å². The number of benzene rings is 2. The van der Waals surface area contributed by atoms with Crippen LogP contribution in [0.3, 0.4) is 0 Å². The predicted molar refractivity (Wildman–Crippen MR) is 152 cm³/mol. The molecule has 1 aliphatic rings. The highest BCUT2D eigenvalue weighted by Crippen LogP contribution is 2.38. The van der Waals surface area contributed by atoms with Gasteiger partial charge in [0.2, 0.25) is 5.95 Å². The van der Waals surface area contributed by atoms with Crippen molar-refractivity contribution in [3.8, 4) is 0 Å². The van der Waals surface area contributed by atoms with Gasteiger partial charge in [-0.3, -0.25) is 0 Å². The Morgan fingerprint density at radius 1 is 0.950 bits per heavy atom. The fourth-order valence-electron chi connectivity index (χ4n) is 4.82. The lowest BCUT2D eigenvalue weighted by atomic mass is 9.98. The predicted octanol–water partition coefficient (Wildman–Crippen LogP) is 4.14. The number of aromatic nitrogens is 4. The number of rotatable bonds is 6. The molecule has 212 valence electrons. The third-order valence-electron chi connectivity index (χ3n) is 6.95. The molecule has 3 heterocycles. The van der Waals surface area contributed by atoms with E-state index in [1.165, 1.54) is 24.3 Å². The maximum absolute atomic E-state index is 13.8. The van der Waals surface area contributed by atoms with Gasteiger partial charge in [0, 0.05) is 19.6 Å². The molecule has 4 aromatic rings. The van der Waals surface area contributed by atoms with E-state index in [4.69, 9.17) is 11.6 Å². The maximum Gasteiger partial charge on any atom is 0.283 e. The first kappa shape index (κ1) is 28.2. The maximum atomic E-state index is 13.8. The Morgan fingerprint density at radius 2 is 1.57 bits per heavy atom. The summed E-state index contributed by atoms with van der Waals surface area (Å²) in [6, 6.07) is 10.1. The second-order valence-electron chi connectivity index (χ2n) is 10.5. The first-order chi connectivity index (χ1) is 18.7. The van der Waals surface area contributed by atoms with Crippen LogP contribution in [0.1, 0.15) is 27.7 Å². The first-order valence-corrected chi connectivity index (χ1v) is 15.9. The topological polar surface area (TPSA) is 118 Å². The summed E-state index contributed by atoms with van der Waals surface area (Å²) in [6.45, 7) is 8.46. The molecule has 14 heteroatoms. The van der Waals surface area contributed by atoms with E-state index in [1.54, 1.807) is 32.0 Å². The Bertz CT molecular complexity index is 1790. The summed E-state index contributed by atoms with van der Waals surface area (Å²) in [7, 11) is -7.79. The van der Waals surface area contributed by atoms with Crippen molar-refractivity contribution < 1.29 is 21.2 Å².